The molecule has 0 aromatic rings. The van der Waals surface area contributed by atoms with Gasteiger partial charge in [0.1, 0.15) is 18.3 Å². The Morgan fingerprint density at radius 3 is 0.756 bits per heavy atom. The van der Waals surface area contributed by atoms with Crippen LogP contribution in [0.5, 0.6) is 0 Å². The molecule has 0 fully saturated rings. The molecule has 0 radical (unpaired) electrons. The summed E-state index contributed by atoms with van der Waals surface area (Å²) in [6, 6.07) is 0. The Balaban J connectivity index is -0.0000000548. The first kappa shape index (κ1) is 57.0. The van der Waals surface area contributed by atoms with E-state index >= 15 is 0 Å². The van der Waals surface area contributed by atoms with E-state index in [0.29, 0.717) is 0 Å². The van der Waals surface area contributed by atoms with Crippen molar-refractivity contribution in [2.24, 2.45) is 5.84 Å². The van der Waals surface area contributed by atoms with E-state index in [4.69, 9.17) is 101 Å². The van der Waals surface area contributed by atoms with E-state index in [2.05, 4.69) is 5.43 Å². The van der Waals surface area contributed by atoms with Crippen LogP contribution in [0.25, 0.3) is 0 Å². The molecule has 41 heavy (non-hydrogen) atoms. The summed E-state index contributed by atoms with van der Waals surface area (Å²) in [5.41, 5.74) is 2.09. The monoisotopic (exact) mass is 616 g/mol. The van der Waals surface area contributed by atoms with Crippen molar-refractivity contribution in [3.8, 4) is 0 Å². The number of rotatable bonds is 6. The Hall–Kier alpha value is -3.99. The Morgan fingerprint density at radius 2 is 0.634 bits per heavy atom. The number of aliphatic carboxylic acids is 7. The molecule has 21 nitrogen and oxygen atoms in total. The number of nitrogens with one attached hydrogen (secondary N) is 1. The molecule has 0 aliphatic rings. The van der Waals surface area contributed by atoms with Crippen LogP contribution in [-0.2, 0) is 33.6 Å². The van der Waals surface area contributed by atoms with Crippen LogP contribution in [0.4, 0.5) is 0 Å². The van der Waals surface area contributed by atoms with Gasteiger partial charge in [0.05, 0.1) is 12.7 Å². The van der Waals surface area contributed by atoms with Gasteiger partial charge in [-0.05, 0) is 0 Å². The third-order valence-corrected chi connectivity index (χ3v) is 1.65. The average molecular weight is 617 g/mol. The molecule has 0 saturated heterocycles. The standard InChI is InChI=1S/C6H16N2O5.7C2H4O2/c7-8-1-3(10)5(12)6(13)4(11)2-9;7*1-2(3)4/h3-6,8-13H,1-2,7H2;7*1H3,(H,3,4)/t3-,4-,5-,6-;;;;;;;/m1......./s1. The Labute approximate surface area is 234 Å². The summed E-state index contributed by atoms with van der Waals surface area (Å²) in [4.78, 5) is 63.0. The van der Waals surface area contributed by atoms with Crippen molar-refractivity contribution in [1.29, 1.82) is 0 Å². The van der Waals surface area contributed by atoms with Crippen molar-refractivity contribution < 1.29 is 94.8 Å². The zero-order valence-corrected chi connectivity index (χ0v) is 23.5. The zero-order valence-electron chi connectivity index (χ0n) is 23.5. The number of hydrazine groups is 1. The fourth-order valence-electron chi connectivity index (χ4n) is 0.805. The predicted octanol–water partition coefficient (Wildman–Crippen LogP) is -3.48. The molecular formula is C20H44N2O19. The van der Waals surface area contributed by atoms with Crippen molar-refractivity contribution in [3.63, 3.8) is 0 Å². The molecule has 0 aliphatic heterocycles. The van der Waals surface area contributed by atoms with Crippen molar-refractivity contribution >= 4 is 41.8 Å². The number of hydrogen-bond donors (Lipinski definition) is 14. The number of carboxylic acids is 7. The minimum atomic E-state index is -1.60. The summed E-state index contributed by atoms with van der Waals surface area (Å²) in [5, 5.41) is 96.6. The highest BCUT2D eigenvalue weighted by Crippen LogP contribution is 2.03. The topological polar surface area (TPSA) is 400 Å². The molecule has 0 heterocycles. The van der Waals surface area contributed by atoms with Gasteiger partial charge < -0.3 is 61.3 Å². The lowest BCUT2D eigenvalue weighted by molar-refractivity contribution is -0.135. The van der Waals surface area contributed by atoms with E-state index in [0.717, 1.165) is 48.5 Å². The third-order valence-electron chi connectivity index (χ3n) is 1.65. The van der Waals surface area contributed by atoms with E-state index in [1.54, 1.807) is 0 Å². The van der Waals surface area contributed by atoms with Crippen molar-refractivity contribution in [2.45, 2.75) is 72.9 Å². The van der Waals surface area contributed by atoms with Crippen molar-refractivity contribution in [3.05, 3.63) is 0 Å². The lowest BCUT2D eigenvalue weighted by Gasteiger charge is -2.25. The predicted molar refractivity (Wildman–Crippen MR) is 136 cm³/mol. The normalized spacial score (nSPS) is 10.9. The van der Waals surface area contributed by atoms with Gasteiger partial charge in [0.2, 0.25) is 0 Å². The zero-order chi connectivity index (χ0) is 35.5. The maximum absolute atomic E-state index is 9.15. The molecule has 21 heteroatoms. The Bertz CT molecular complexity index is 542. The lowest BCUT2D eigenvalue weighted by atomic mass is 10.0. The van der Waals surface area contributed by atoms with Gasteiger partial charge in [-0.25, -0.2) is 0 Å². The number of hydrogen-bond acceptors (Lipinski definition) is 14. The molecule has 0 unspecified atom stereocenters. The molecule has 0 spiro atoms. The third kappa shape index (κ3) is 246. The SMILES string of the molecule is CC(=O)O.CC(=O)O.CC(=O)O.CC(=O)O.CC(=O)O.CC(=O)O.CC(=O)O.NNC[C@@H](O)[C@@H](O)[C@H](O)[C@H](O)CO. The number of aliphatic hydroxyl groups excluding tert-OH is 5. The summed E-state index contributed by atoms with van der Waals surface area (Å²) < 4.78 is 0. The molecule has 0 aliphatic carbocycles. The lowest BCUT2D eigenvalue weighted by Crippen LogP contribution is -2.49. The minimum absolute atomic E-state index is 0.129. The Kier molecular flexibility index (Phi) is 59.9. The van der Waals surface area contributed by atoms with E-state index < -0.39 is 72.8 Å². The molecule has 0 amide bonds. The largest absolute Gasteiger partial charge is 0.481 e. The molecule has 4 atom stereocenters. The van der Waals surface area contributed by atoms with Crippen LogP contribution < -0.4 is 11.3 Å². The van der Waals surface area contributed by atoms with Gasteiger partial charge in [0.25, 0.3) is 41.8 Å². The molecule has 0 rings (SSSR count). The van der Waals surface area contributed by atoms with E-state index in [-0.39, 0.29) is 6.54 Å². The first-order chi connectivity index (χ1) is 18.2. The first-order valence-electron chi connectivity index (χ1n) is 10.3. The van der Waals surface area contributed by atoms with Crippen LogP contribution in [-0.4, -0.2) is 141 Å². The molecule has 0 aromatic heterocycles. The van der Waals surface area contributed by atoms with E-state index in [1.807, 2.05) is 0 Å². The van der Waals surface area contributed by atoms with Gasteiger partial charge in [0, 0.05) is 55.0 Å². The second-order valence-corrected chi connectivity index (χ2v) is 6.34. The van der Waals surface area contributed by atoms with Gasteiger partial charge >= 0.3 is 0 Å². The van der Waals surface area contributed by atoms with E-state index in [1.165, 1.54) is 0 Å². The van der Waals surface area contributed by atoms with Gasteiger partial charge in [-0.15, -0.1) is 0 Å². The highest BCUT2D eigenvalue weighted by Gasteiger charge is 2.29. The number of carboxylic acid groups (broad SMARTS) is 7. The van der Waals surface area contributed by atoms with Crippen LogP contribution in [0, 0.1) is 0 Å². The van der Waals surface area contributed by atoms with Gasteiger partial charge in [-0.1, -0.05) is 0 Å². The molecule has 248 valence electrons. The number of aliphatic hydroxyl groups is 5. The molecular weight excluding hydrogens is 572 g/mol. The molecule has 0 bridgehead atoms. The van der Waals surface area contributed by atoms with Crippen molar-refractivity contribution in [2.75, 3.05) is 13.2 Å². The van der Waals surface area contributed by atoms with Gasteiger partial charge in [-0.3, -0.25) is 44.8 Å². The fraction of sp³-hybridized carbons (Fsp3) is 0.650. The second kappa shape index (κ2) is 43.1. The quantitative estimate of drug-likeness (QED) is 0.102. The highest BCUT2D eigenvalue weighted by molar-refractivity contribution is 5.64. The molecule has 0 saturated carbocycles. The number of carbonyl (C=O) groups is 7. The fourth-order valence-corrected chi connectivity index (χ4v) is 0.805. The van der Waals surface area contributed by atoms with Crippen LogP contribution in [0.3, 0.4) is 0 Å². The maximum Gasteiger partial charge on any atom is 0.300 e. The van der Waals surface area contributed by atoms with Crippen LogP contribution in [0.15, 0.2) is 0 Å². The second-order valence-electron chi connectivity index (χ2n) is 6.34. The van der Waals surface area contributed by atoms with Gasteiger partial charge in [-0.2, -0.15) is 0 Å². The summed E-state index contributed by atoms with van der Waals surface area (Å²) in [7, 11) is 0. The van der Waals surface area contributed by atoms with Crippen LogP contribution in [0.2, 0.25) is 0 Å². The first-order valence-corrected chi connectivity index (χ1v) is 10.3. The highest BCUT2D eigenvalue weighted by atomic mass is 16.4. The summed E-state index contributed by atoms with van der Waals surface area (Å²) in [6.07, 6.45) is -5.95. The maximum atomic E-state index is 9.15. The average Bonchev–Trinajstić information content (AvgIpc) is 2.69. The van der Waals surface area contributed by atoms with Gasteiger partial charge in [0.15, 0.2) is 0 Å². The number of nitrogens with two attached hydrogens (primary N) is 1. The summed E-state index contributed by atoms with van der Waals surface area (Å²) in [5.74, 6) is -0.972. The smallest absolute Gasteiger partial charge is 0.300 e. The Morgan fingerprint density at radius 1 is 0.488 bits per heavy atom. The summed E-state index contributed by atoms with van der Waals surface area (Å²) >= 11 is 0. The molecule has 0 aromatic carbocycles. The molecule has 15 N–H and O–H groups in total. The minimum Gasteiger partial charge on any atom is -0.481 e. The van der Waals surface area contributed by atoms with Crippen LogP contribution in [0.1, 0.15) is 48.5 Å². The van der Waals surface area contributed by atoms with Crippen molar-refractivity contribution in [1.82, 2.24) is 5.43 Å². The summed E-state index contributed by atoms with van der Waals surface area (Å²) in [6.45, 7) is 6.76. The van der Waals surface area contributed by atoms with Crippen LogP contribution >= 0.6 is 0 Å². The van der Waals surface area contributed by atoms with E-state index in [9.17, 15) is 0 Å².